The van der Waals surface area contributed by atoms with E-state index in [1.165, 1.54) is 13.2 Å². The Morgan fingerprint density at radius 3 is 2.12 bits per heavy atom. The minimum absolute atomic E-state index is 0.188. The van der Waals surface area contributed by atoms with Crippen LogP contribution in [0.1, 0.15) is 5.56 Å². The molecule has 5 heteroatoms. The molecule has 0 aromatic heterocycles. The maximum absolute atomic E-state index is 12.9. The number of nitrogens with one attached hydrogen (secondary N) is 1. The van der Waals surface area contributed by atoms with Crippen molar-refractivity contribution in [3.8, 4) is 5.75 Å². The van der Waals surface area contributed by atoms with Gasteiger partial charge in [0.05, 0.1) is 16.9 Å². The van der Waals surface area contributed by atoms with Crippen LogP contribution >= 0.6 is 0 Å². The third-order valence-corrected chi connectivity index (χ3v) is 5.57. The van der Waals surface area contributed by atoms with Crippen LogP contribution in [0.2, 0.25) is 0 Å². The van der Waals surface area contributed by atoms with Gasteiger partial charge >= 0.3 is 0 Å². The summed E-state index contributed by atoms with van der Waals surface area (Å²) in [5.74, 6) is 0.478. The molecule has 1 N–H and O–H groups in total. The van der Waals surface area contributed by atoms with E-state index in [1.54, 1.807) is 42.5 Å². The predicted octanol–water partition coefficient (Wildman–Crippen LogP) is 4.58. The summed E-state index contributed by atoms with van der Waals surface area (Å²) in [6.45, 7) is 2.01. The number of aryl methyl sites for hydroxylation is 1. The molecule has 3 aromatic rings. The Bertz CT molecular complexity index is 966. The van der Waals surface area contributed by atoms with Gasteiger partial charge in [-0.2, -0.15) is 0 Å². The number of hydrogen-bond acceptors (Lipinski definition) is 4. The van der Waals surface area contributed by atoms with Crippen LogP contribution in [0.25, 0.3) is 0 Å². The number of benzene rings is 3. The zero-order chi connectivity index (χ0) is 17.9. The second-order valence-electron chi connectivity index (χ2n) is 5.70. The van der Waals surface area contributed by atoms with Gasteiger partial charge < -0.3 is 10.1 Å². The van der Waals surface area contributed by atoms with Crippen molar-refractivity contribution in [2.45, 2.75) is 16.7 Å². The number of hydrogen-bond donors (Lipinski definition) is 1. The van der Waals surface area contributed by atoms with Crippen LogP contribution in [0.3, 0.4) is 0 Å². The van der Waals surface area contributed by atoms with Crippen molar-refractivity contribution in [3.05, 3.63) is 78.4 Å². The Morgan fingerprint density at radius 1 is 0.800 bits per heavy atom. The first-order valence-electron chi connectivity index (χ1n) is 7.82. The molecule has 0 heterocycles. The van der Waals surface area contributed by atoms with E-state index in [2.05, 4.69) is 5.32 Å². The molecular formula is C20H19NO3S. The largest absolute Gasteiger partial charge is 0.497 e. The van der Waals surface area contributed by atoms with E-state index in [4.69, 9.17) is 4.74 Å². The first kappa shape index (κ1) is 17.0. The topological polar surface area (TPSA) is 55.4 Å². The Hall–Kier alpha value is -2.79. The van der Waals surface area contributed by atoms with Crippen molar-refractivity contribution in [1.29, 1.82) is 0 Å². The van der Waals surface area contributed by atoms with Crippen molar-refractivity contribution < 1.29 is 13.2 Å². The average Bonchev–Trinajstić information content (AvgIpc) is 2.64. The normalized spacial score (nSPS) is 11.1. The fraction of sp³-hybridized carbons (Fsp3) is 0.100. The van der Waals surface area contributed by atoms with Crippen LogP contribution in [0.4, 0.5) is 11.4 Å². The Balaban J connectivity index is 2.02. The molecule has 4 nitrogen and oxygen atoms in total. The van der Waals surface area contributed by atoms with Gasteiger partial charge in [0.15, 0.2) is 0 Å². The van der Waals surface area contributed by atoms with Crippen LogP contribution in [0.15, 0.2) is 82.6 Å². The van der Waals surface area contributed by atoms with E-state index in [1.807, 2.05) is 31.2 Å². The lowest BCUT2D eigenvalue weighted by Crippen LogP contribution is -2.03. The summed E-state index contributed by atoms with van der Waals surface area (Å²) in [4.78, 5) is 0.442. The molecule has 0 saturated carbocycles. The number of anilines is 2. The van der Waals surface area contributed by atoms with Crippen LogP contribution < -0.4 is 10.1 Å². The van der Waals surface area contributed by atoms with E-state index >= 15 is 0 Å². The van der Waals surface area contributed by atoms with Gasteiger partial charge in [0.2, 0.25) is 9.84 Å². The second kappa shape index (κ2) is 6.99. The minimum atomic E-state index is -3.61. The SMILES string of the molecule is COc1cc(Nc2ccc(C)cc2)cc(S(=O)(=O)c2ccccc2)c1. The molecule has 3 aromatic carbocycles. The molecule has 0 fully saturated rings. The average molecular weight is 353 g/mol. The highest BCUT2D eigenvalue weighted by atomic mass is 32.2. The third kappa shape index (κ3) is 3.83. The molecule has 0 bridgehead atoms. The standard InChI is InChI=1S/C20H19NO3S/c1-15-8-10-16(11-9-15)21-17-12-18(24-2)14-20(13-17)25(22,23)19-6-4-3-5-7-19/h3-14,21H,1-2H3. The van der Waals surface area contributed by atoms with Gasteiger partial charge in [-0.05, 0) is 43.3 Å². The van der Waals surface area contributed by atoms with Crippen molar-refractivity contribution >= 4 is 21.2 Å². The maximum atomic E-state index is 12.9. The molecule has 0 atom stereocenters. The molecule has 25 heavy (non-hydrogen) atoms. The summed E-state index contributed by atoms with van der Waals surface area (Å²) in [7, 11) is -2.10. The van der Waals surface area contributed by atoms with Gasteiger partial charge in [-0.25, -0.2) is 8.42 Å². The molecule has 0 radical (unpaired) electrons. The van der Waals surface area contributed by atoms with E-state index in [0.29, 0.717) is 11.4 Å². The van der Waals surface area contributed by atoms with E-state index in [0.717, 1.165) is 11.3 Å². The first-order chi connectivity index (χ1) is 12.0. The Kier molecular flexibility index (Phi) is 4.76. The monoisotopic (exact) mass is 353 g/mol. The molecular weight excluding hydrogens is 334 g/mol. The summed E-state index contributed by atoms with van der Waals surface area (Å²) in [5.41, 5.74) is 2.68. The lowest BCUT2D eigenvalue weighted by atomic mass is 10.2. The minimum Gasteiger partial charge on any atom is -0.497 e. The molecule has 128 valence electrons. The van der Waals surface area contributed by atoms with Crippen molar-refractivity contribution in [2.24, 2.45) is 0 Å². The van der Waals surface area contributed by atoms with Crippen molar-refractivity contribution in [3.63, 3.8) is 0 Å². The first-order valence-corrected chi connectivity index (χ1v) is 9.30. The highest BCUT2D eigenvalue weighted by molar-refractivity contribution is 7.91. The number of sulfone groups is 1. The Morgan fingerprint density at radius 2 is 1.48 bits per heavy atom. The lowest BCUT2D eigenvalue weighted by molar-refractivity contribution is 0.413. The van der Waals surface area contributed by atoms with Gasteiger partial charge in [0.1, 0.15) is 5.75 Å². The van der Waals surface area contributed by atoms with Gasteiger partial charge in [0.25, 0.3) is 0 Å². The van der Waals surface area contributed by atoms with Gasteiger partial charge in [-0.15, -0.1) is 0 Å². The third-order valence-electron chi connectivity index (χ3n) is 3.82. The van der Waals surface area contributed by atoms with E-state index in [-0.39, 0.29) is 9.79 Å². The van der Waals surface area contributed by atoms with Crippen LogP contribution in [0, 0.1) is 6.92 Å². The second-order valence-corrected chi connectivity index (χ2v) is 7.65. The maximum Gasteiger partial charge on any atom is 0.206 e. The molecule has 0 aliphatic heterocycles. The fourth-order valence-corrected chi connectivity index (χ4v) is 3.80. The molecule has 0 aliphatic carbocycles. The molecule has 0 saturated heterocycles. The lowest BCUT2D eigenvalue weighted by Gasteiger charge is -2.12. The summed E-state index contributed by atoms with van der Waals surface area (Å²) >= 11 is 0. The zero-order valence-corrected chi connectivity index (χ0v) is 14.9. The number of rotatable bonds is 5. The van der Waals surface area contributed by atoms with E-state index in [9.17, 15) is 8.42 Å². The summed E-state index contributed by atoms with van der Waals surface area (Å²) in [6, 6.07) is 21.2. The quantitative estimate of drug-likeness (QED) is 0.729. The van der Waals surface area contributed by atoms with Crippen LogP contribution in [-0.4, -0.2) is 15.5 Å². The summed E-state index contributed by atoms with van der Waals surface area (Å²) < 4.78 is 31.0. The fourth-order valence-electron chi connectivity index (χ4n) is 2.46. The number of methoxy groups -OCH3 is 1. The highest BCUT2D eigenvalue weighted by Crippen LogP contribution is 2.30. The van der Waals surface area contributed by atoms with Gasteiger partial charge in [0, 0.05) is 17.4 Å². The number of ether oxygens (including phenoxy) is 1. The van der Waals surface area contributed by atoms with Gasteiger partial charge in [-0.1, -0.05) is 35.9 Å². The van der Waals surface area contributed by atoms with Crippen LogP contribution in [0.5, 0.6) is 5.75 Å². The van der Waals surface area contributed by atoms with Gasteiger partial charge in [-0.3, -0.25) is 0 Å². The van der Waals surface area contributed by atoms with Crippen LogP contribution in [-0.2, 0) is 9.84 Å². The van der Waals surface area contributed by atoms with E-state index < -0.39 is 9.84 Å². The Labute approximate surface area is 148 Å². The predicted molar refractivity (Wildman–Crippen MR) is 99.3 cm³/mol. The summed E-state index contributed by atoms with van der Waals surface area (Å²) in [6.07, 6.45) is 0. The van der Waals surface area contributed by atoms with Crippen molar-refractivity contribution in [2.75, 3.05) is 12.4 Å². The molecule has 3 rings (SSSR count). The molecule has 0 spiro atoms. The van der Waals surface area contributed by atoms with Crippen molar-refractivity contribution in [1.82, 2.24) is 0 Å². The smallest absolute Gasteiger partial charge is 0.206 e. The zero-order valence-electron chi connectivity index (χ0n) is 14.1. The molecule has 0 unspecified atom stereocenters. The molecule has 0 aliphatic rings. The summed E-state index contributed by atoms with van der Waals surface area (Å²) in [5, 5.41) is 3.23. The molecule has 0 amide bonds. The highest BCUT2D eigenvalue weighted by Gasteiger charge is 2.19.